The first kappa shape index (κ1) is 26.2. The van der Waals surface area contributed by atoms with Gasteiger partial charge in [-0.15, -0.1) is 0 Å². The Kier molecular flexibility index (Phi) is 9.25. The van der Waals surface area contributed by atoms with E-state index in [1.54, 1.807) is 0 Å². The second-order valence-electron chi connectivity index (χ2n) is 8.68. The Balaban J connectivity index is 1.72. The van der Waals surface area contributed by atoms with Gasteiger partial charge in [0.2, 0.25) is 5.91 Å². The number of rotatable bonds is 12. The Labute approximate surface area is 205 Å². The van der Waals surface area contributed by atoms with Gasteiger partial charge < -0.3 is 25.2 Å². The summed E-state index contributed by atoms with van der Waals surface area (Å²) in [5.41, 5.74) is 4.36. The molecule has 3 N–H and O–H groups in total. The highest BCUT2D eigenvalue weighted by Gasteiger charge is 2.32. The van der Waals surface area contributed by atoms with Crippen LogP contribution in [0.3, 0.4) is 0 Å². The highest BCUT2D eigenvalue weighted by atomic mass is 16.5. The minimum absolute atomic E-state index is 0.0690. The number of amides is 2. The lowest BCUT2D eigenvalue weighted by Crippen LogP contribution is -2.52. The Morgan fingerprint density at radius 2 is 1.57 bits per heavy atom. The van der Waals surface area contributed by atoms with E-state index in [0.29, 0.717) is 12.8 Å². The number of ether oxygens (including phenoxy) is 1. The molecule has 1 aliphatic carbocycles. The Bertz CT molecular complexity index is 990. The molecule has 8 heteroatoms. The van der Waals surface area contributed by atoms with Crippen LogP contribution >= 0.6 is 0 Å². The van der Waals surface area contributed by atoms with Crippen LogP contribution in [0.2, 0.25) is 0 Å². The average Bonchev–Trinajstić information content (AvgIpc) is 3.18. The third kappa shape index (κ3) is 6.19. The molecule has 0 bridgehead atoms. The molecule has 2 amide bonds. The number of aliphatic hydroxyl groups is 1. The second-order valence-corrected chi connectivity index (χ2v) is 8.68. The summed E-state index contributed by atoms with van der Waals surface area (Å²) in [6, 6.07) is 14.8. The van der Waals surface area contributed by atoms with Crippen molar-refractivity contribution in [2.45, 2.75) is 57.5 Å². The van der Waals surface area contributed by atoms with Crippen molar-refractivity contribution < 1.29 is 29.3 Å². The van der Waals surface area contributed by atoms with Crippen LogP contribution in [-0.4, -0.2) is 64.9 Å². The zero-order valence-electron chi connectivity index (χ0n) is 20.3. The molecule has 1 aliphatic rings. The van der Waals surface area contributed by atoms with E-state index in [2.05, 4.69) is 5.32 Å². The summed E-state index contributed by atoms with van der Waals surface area (Å²) in [6.45, 7) is 3.86. The van der Waals surface area contributed by atoms with Crippen molar-refractivity contribution in [3.63, 3.8) is 0 Å². The third-order valence-corrected chi connectivity index (χ3v) is 6.59. The van der Waals surface area contributed by atoms with Gasteiger partial charge in [-0.3, -0.25) is 9.59 Å². The fourth-order valence-electron chi connectivity index (χ4n) is 4.82. The summed E-state index contributed by atoms with van der Waals surface area (Å²) >= 11 is 0. The quantitative estimate of drug-likeness (QED) is 0.424. The van der Waals surface area contributed by atoms with Gasteiger partial charge in [0.15, 0.2) is 0 Å². The summed E-state index contributed by atoms with van der Waals surface area (Å²) in [5, 5.41) is 21.2. The minimum atomic E-state index is -1.06. The number of carbonyl (C=O) groups excluding carboxylic acids is 2. The first-order valence-electron chi connectivity index (χ1n) is 12.2. The number of fused-ring (bicyclic) bond motifs is 3. The van der Waals surface area contributed by atoms with Gasteiger partial charge in [-0.25, -0.2) is 4.79 Å². The van der Waals surface area contributed by atoms with Gasteiger partial charge in [0.1, 0.15) is 12.6 Å². The van der Waals surface area contributed by atoms with Crippen molar-refractivity contribution in [3.05, 3.63) is 59.7 Å². The van der Waals surface area contributed by atoms with Crippen LogP contribution in [-0.2, 0) is 14.3 Å². The summed E-state index contributed by atoms with van der Waals surface area (Å²) in [4.78, 5) is 38.8. The molecule has 0 fully saturated rings. The second kappa shape index (κ2) is 12.4. The lowest BCUT2D eigenvalue weighted by molar-refractivity contribution is -0.139. The highest BCUT2D eigenvalue weighted by Crippen LogP contribution is 2.44. The van der Waals surface area contributed by atoms with E-state index in [9.17, 15) is 19.5 Å². The number of carboxylic acid groups (broad SMARTS) is 1. The molecule has 3 rings (SSSR count). The van der Waals surface area contributed by atoms with Gasteiger partial charge in [-0.2, -0.15) is 0 Å². The average molecular weight is 483 g/mol. The molecule has 1 atom stereocenters. The number of alkyl carbamates (subject to hydrolysis) is 1. The number of nitrogens with one attached hydrogen (secondary N) is 1. The molecular weight excluding hydrogens is 448 g/mol. The highest BCUT2D eigenvalue weighted by molar-refractivity contribution is 5.86. The molecule has 0 aromatic heterocycles. The van der Waals surface area contributed by atoms with Crippen molar-refractivity contribution >= 4 is 18.0 Å². The number of carboxylic acids is 1. The molecular formula is C27H34N2O6. The van der Waals surface area contributed by atoms with Crippen LogP contribution in [0.15, 0.2) is 48.5 Å². The smallest absolute Gasteiger partial charge is 0.407 e. The molecule has 0 spiro atoms. The maximum absolute atomic E-state index is 13.3. The van der Waals surface area contributed by atoms with Crippen LogP contribution in [0.5, 0.6) is 0 Å². The number of nitrogens with zero attached hydrogens (tertiary/aromatic N) is 1. The van der Waals surface area contributed by atoms with Crippen molar-refractivity contribution in [3.8, 4) is 11.1 Å². The van der Waals surface area contributed by atoms with E-state index in [4.69, 9.17) is 9.84 Å². The standard InChI is InChI=1S/C27H34N2O6/c1-3-18(4-2)29(15-16-30)26(33)24(13-14-25(31)32)28-27(34)35-17-23-21-11-7-5-9-19(21)20-10-6-8-12-22(20)23/h5-12,18,23-24,30H,3-4,13-17H2,1-2H3,(H,28,34)(H,31,32). The lowest BCUT2D eigenvalue weighted by atomic mass is 9.98. The number of carbonyl (C=O) groups is 3. The fourth-order valence-corrected chi connectivity index (χ4v) is 4.82. The molecule has 2 aromatic carbocycles. The normalized spacial score (nSPS) is 13.1. The molecule has 0 aliphatic heterocycles. The summed E-state index contributed by atoms with van der Waals surface area (Å²) in [7, 11) is 0. The van der Waals surface area contributed by atoms with Gasteiger partial charge >= 0.3 is 12.1 Å². The molecule has 1 unspecified atom stereocenters. The van der Waals surface area contributed by atoms with Crippen molar-refractivity contribution in [2.24, 2.45) is 0 Å². The third-order valence-electron chi connectivity index (χ3n) is 6.59. The minimum Gasteiger partial charge on any atom is -0.481 e. The SMILES string of the molecule is CCC(CC)N(CCO)C(=O)C(CCC(=O)O)NC(=O)OCC1c2ccccc2-c2ccccc21. The predicted octanol–water partition coefficient (Wildman–Crippen LogP) is 3.77. The van der Waals surface area contributed by atoms with Crippen LogP contribution in [0.25, 0.3) is 11.1 Å². The van der Waals surface area contributed by atoms with Crippen molar-refractivity contribution in [1.29, 1.82) is 0 Å². The first-order valence-corrected chi connectivity index (χ1v) is 12.2. The van der Waals surface area contributed by atoms with E-state index >= 15 is 0 Å². The Morgan fingerprint density at radius 3 is 2.09 bits per heavy atom. The maximum atomic E-state index is 13.3. The van der Waals surface area contributed by atoms with Gasteiger partial charge in [0.25, 0.3) is 0 Å². The van der Waals surface area contributed by atoms with Crippen molar-refractivity contribution in [2.75, 3.05) is 19.8 Å². The van der Waals surface area contributed by atoms with E-state index in [-0.39, 0.29) is 44.6 Å². The molecule has 0 heterocycles. The van der Waals surface area contributed by atoms with Crippen LogP contribution in [0.1, 0.15) is 56.6 Å². The Hall–Kier alpha value is -3.39. The van der Waals surface area contributed by atoms with Gasteiger partial charge in [-0.1, -0.05) is 62.4 Å². The van der Waals surface area contributed by atoms with Gasteiger partial charge in [0, 0.05) is 24.9 Å². The molecule has 0 radical (unpaired) electrons. The number of aliphatic carboxylic acids is 1. The number of aliphatic hydroxyl groups excluding tert-OH is 1. The zero-order chi connectivity index (χ0) is 25.4. The van der Waals surface area contributed by atoms with Crippen molar-refractivity contribution in [1.82, 2.24) is 10.2 Å². The summed E-state index contributed by atoms with van der Waals surface area (Å²) in [6.07, 6.45) is 0.234. The largest absolute Gasteiger partial charge is 0.481 e. The zero-order valence-corrected chi connectivity index (χ0v) is 20.3. The first-order chi connectivity index (χ1) is 16.9. The fraction of sp³-hybridized carbons (Fsp3) is 0.444. The Morgan fingerprint density at radius 1 is 1.00 bits per heavy atom. The number of hydrogen-bond acceptors (Lipinski definition) is 5. The van der Waals surface area contributed by atoms with Gasteiger partial charge in [0.05, 0.1) is 6.61 Å². The van der Waals surface area contributed by atoms with E-state index in [0.717, 1.165) is 22.3 Å². The molecule has 35 heavy (non-hydrogen) atoms. The summed E-state index contributed by atoms with van der Waals surface area (Å²) < 4.78 is 5.56. The van der Waals surface area contributed by atoms with E-state index < -0.39 is 24.0 Å². The lowest BCUT2D eigenvalue weighted by Gasteiger charge is -2.33. The summed E-state index contributed by atoms with van der Waals surface area (Å²) in [5.74, 6) is -1.60. The van der Waals surface area contributed by atoms with Crippen LogP contribution in [0, 0.1) is 0 Å². The predicted molar refractivity (Wildman–Crippen MR) is 132 cm³/mol. The molecule has 0 saturated carbocycles. The monoisotopic (exact) mass is 482 g/mol. The maximum Gasteiger partial charge on any atom is 0.407 e. The van der Waals surface area contributed by atoms with Crippen LogP contribution < -0.4 is 5.32 Å². The number of hydrogen-bond donors (Lipinski definition) is 3. The van der Waals surface area contributed by atoms with Crippen LogP contribution in [0.4, 0.5) is 4.79 Å². The number of benzene rings is 2. The van der Waals surface area contributed by atoms with Gasteiger partial charge in [-0.05, 0) is 41.5 Å². The molecule has 8 nitrogen and oxygen atoms in total. The molecule has 2 aromatic rings. The molecule has 0 saturated heterocycles. The molecule has 188 valence electrons. The van der Waals surface area contributed by atoms with E-state index in [1.807, 2.05) is 62.4 Å². The topological polar surface area (TPSA) is 116 Å². The van der Waals surface area contributed by atoms with E-state index in [1.165, 1.54) is 4.90 Å².